The van der Waals surface area contributed by atoms with Crippen molar-refractivity contribution in [2.45, 2.75) is 25.3 Å². The van der Waals surface area contributed by atoms with E-state index in [2.05, 4.69) is 27.9 Å². The Morgan fingerprint density at radius 3 is 2.77 bits per heavy atom. The molecule has 2 N–H and O–H groups in total. The number of nitrogens with zero attached hydrogens (tertiary/aromatic N) is 2. The molecule has 2 aromatic rings. The first kappa shape index (κ1) is 16.5. The number of aromatic nitrogens is 2. The second-order valence-electron chi connectivity index (χ2n) is 5.50. The van der Waals surface area contributed by atoms with Gasteiger partial charge in [-0.1, -0.05) is 6.07 Å². The molecule has 1 atom stereocenters. The highest BCUT2D eigenvalue weighted by Crippen LogP contribution is 2.25. The number of nitrogens with one attached hydrogen (secondary N) is 2. The number of anilines is 1. The van der Waals surface area contributed by atoms with Crippen LogP contribution >= 0.6 is 12.4 Å². The van der Waals surface area contributed by atoms with E-state index in [0.717, 1.165) is 24.1 Å². The maximum atomic E-state index is 12.4. The molecule has 1 unspecified atom stereocenters. The zero-order chi connectivity index (χ0) is 14.8. The Morgan fingerprint density at radius 1 is 1.32 bits per heavy atom. The van der Waals surface area contributed by atoms with Gasteiger partial charge in [-0.25, -0.2) is 0 Å². The maximum absolute atomic E-state index is 12.4. The third-order valence-corrected chi connectivity index (χ3v) is 3.98. The van der Waals surface area contributed by atoms with E-state index in [9.17, 15) is 4.79 Å². The molecule has 118 valence electrons. The number of benzene rings is 1. The minimum absolute atomic E-state index is 0. The molecule has 0 aliphatic heterocycles. The van der Waals surface area contributed by atoms with Crippen LogP contribution in [0.2, 0.25) is 0 Å². The number of halogens is 1. The minimum Gasteiger partial charge on any atom is -0.324 e. The van der Waals surface area contributed by atoms with E-state index in [0.29, 0.717) is 0 Å². The molecule has 0 radical (unpaired) electrons. The fourth-order valence-corrected chi connectivity index (χ4v) is 2.90. The molecule has 1 aromatic heterocycles. The summed E-state index contributed by atoms with van der Waals surface area (Å²) in [6.07, 6.45) is 7.03. The summed E-state index contributed by atoms with van der Waals surface area (Å²) >= 11 is 0. The van der Waals surface area contributed by atoms with Gasteiger partial charge >= 0.3 is 0 Å². The van der Waals surface area contributed by atoms with Crippen LogP contribution in [0, 0.1) is 0 Å². The van der Waals surface area contributed by atoms with Gasteiger partial charge in [0.2, 0.25) is 5.91 Å². The summed E-state index contributed by atoms with van der Waals surface area (Å²) in [5.74, 6) is -0.0663. The van der Waals surface area contributed by atoms with Crippen LogP contribution in [0.3, 0.4) is 0 Å². The van der Waals surface area contributed by atoms with E-state index < -0.39 is 6.04 Å². The number of fused-ring (bicyclic) bond motifs is 1. The first-order valence-electron chi connectivity index (χ1n) is 7.26. The molecule has 1 heterocycles. The van der Waals surface area contributed by atoms with E-state index in [-0.39, 0.29) is 18.3 Å². The standard InChI is InChI=1S/C16H20N4O.ClH/c1-17-15(13-9-18-20(2)10-13)16(21)19-14-7-6-11-4-3-5-12(11)8-14;/h6-10,15,17H,3-5H2,1-2H3,(H,19,21);1H. The molecule has 1 aliphatic rings. The predicted octanol–water partition coefficient (Wildman–Crippen LogP) is 2.23. The number of hydrogen-bond acceptors (Lipinski definition) is 3. The fraction of sp³-hybridized carbons (Fsp3) is 0.375. The van der Waals surface area contributed by atoms with E-state index in [1.807, 2.05) is 19.3 Å². The number of hydrogen-bond donors (Lipinski definition) is 2. The molecular formula is C16H21ClN4O. The van der Waals surface area contributed by atoms with E-state index >= 15 is 0 Å². The highest BCUT2D eigenvalue weighted by atomic mass is 35.5. The third kappa shape index (κ3) is 3.31. The Bertz CT molecular complexity index is 668. The topological polar surface area (TPSA) is 59.0 Å². The summed E-state index contributed by atoms with van der Waals surface area (Å²) < 4.78 is 1.70. The number of amides is 1. The molecule has 0 bridgehead atoms. The highest BCUT2D eigenvalue weighted by molar-refractivity contribution is 5.95. The summed E-state index contributed by atoms with van der Waals surface area (Å²) in [5.41, 5.74) is 4.49. The van der Waals surface area contributed by atoms with Gasteiger partial charge < -0.3 is 10.6 Å². The average Bonchev–Trinajstić information content (AvgIpc) is 3.08. The molecule has 0 saturated heterocycles. The Hall–Kier alpha value is -1.85. The minimum atomic E-state index is -0.396. The molecule has 0 spiro atoms. The lowest BCUT2D eigenvalue weighted by atomic mass is 10.1. The second kappa shape index (κ2) is 6.94. The van der Waals surface area contributed by atoms with Crippen molar-refractivity contribution in [1.29, 1.82) is 0 Å². The maximum Gasteiger partial charge on any atom is 0.246 e. The van der Waals surface area contributed by atoms with E-state index in [1.54, 1.807) is 17.9 Å². The van der Waals surface area contributed by atoms with Gasteiger partial charge in [0, 0.05) is 24.5 Å². The van der Waals surface area contributed by atoms with Crippen LogP contribution in [0.5, 0.6) is 0 Å². The third-order valence-electron chi connectivity index (χ3n) is 3.98. The van der Waals surface area contributed by atoms with Gasteiger partial charge in [0.25, 0.3) is 0 Å². The van der Waals surface area contributed by atoms with Crippen LogP contribution in [0.4, 0.5) is 5.69 Å². The van der Waals surface area contributed by atoms with Crippen molar-refractivity contribution in [3.63, 3.8) is 0 Å². The molecule has 5 nitrogen and oxygen atoms in total. The van der Waals surface area contributed by atoms with Crippen LogP contribution in [0.25, 0.3) is 0 Å². The molecule has 1 amide bonds. The van der Waals surface area contributed by atoms with Crippen LogP contribution in [-0.4, -0.2) is 22.7 Å². The zero-order valence-electron chi connectivity index (χ0n) is 12.8. The first-order chi connectivity index (χ1) is 10.2. The van der Waals surface area contributed by atoms with Gasteiger partial charge in [-0.3, -0.25) is 9.48 Å². The zero-order valence-corrected chi connectivity index (χ0v) is 13.6. The van der Waals surface area contributed by atoms with Crippen molar-refractivity contribution in [3.8, 4) is 0 Å². The smallest absolute Gasteiger partial charge is 0.246 e. The van der Waals surface area contributed by atoms with Crippen molar-refractivity contribution in [2.75, 3.05) is 12.4 Å². The lowest BCUT2D eigenvalue weighted by Crippen LogP contribution is -2.30. The number of carbonyl (C=O) groups is 1. The van der Waals surface area contributed by atoms with E-state index in [4.69, 9.17) is 0 Å². The first-order valence-corrected chi connectivity index (χ1v) is 7.26. The van der Waals surface area contributed by atoms with E-state index in [1.165, 1.54) is 17.5 Å². The number of likely N-dealkylation sites (N-methyl/N-ethyl adjacent to an activating group) is 1. The normalized spacial score (nSPS) is 14.1. The number of aryl methyl sites for hydroxylation is 3. The lowest BCUT2D eigenvalue weighted by molar-refractivity contribution is -0.118. The lowest BCUT2D eigenvalue weighted by Gasteiger charge is -2.15. The van der Waals surface area contributed by atoms with Crippen LogP contribution in [-0.2, 0) is 24.7 Å². The van der Waals surface area contributed by atoms with Gasteiger partial charge in [0.05, 0.1) is 6.20 Å². The Morgan fingerprint density at radius 2 is 2.09 bits per heavy atom. The quantitative estimate of drug-likeness (QED) is 0.908. The molecule has 3 rings (SSSR count). The average molecular weight is 321 g/mol. The summed E-state index contributed by atoms with van der Waals surface area (Å²) in [7, 11) is 3.62. The summed E-state index contributed by atoms with van der Waals surface area (Å²) in [4.78, 5) is 12.4. The SMILES string of the molecule is CNC(C(=O)Nc1ccc2c(c1)CCC2)c1cnn(C)c1.Cl. The summed E-state index contributed by atoms with van der Waals surface area (Å²) in [6.45, 7) is 0. The summed E-state index contributed by atoms with van der Waals surface area (Å²) in [6, 6.07) is 5.80. The molecule has 22 heavy (non-hydrogen) atoms. The number of rotatable bonds is 4. The van der Waals surface area contributed by atoms with Crippen molar-refractivity contribution < 1.29 is 4.79 Å². The molecule has 0 fully saturated rings. The summed E-state index contributed by atoms with van der Waals surface area (Å²) in [5, 5.41) is 10.1. The van der Waals surface area contributed by atoms with Gasteiger partial charge in [-0.2, -0.15) is 5.10 Å². The van der Waals surface area contributed by atoms with Crippen molar-refractivity contribution in [3.05, 3.63) is 47.3 Å². The van der Waals surface area contributed by atoms with Crippen LogP contribution in [0.1, 0.15) is 29.2 Å². The van der Waals surface area contributed by atoms with Crippen LogP contribution < -0.4 is 10.6 Å². The van der Waals surface area contributed by atoms with Crippen molar-refractivity contribution >= 4 is 24.0 Å². The predicted molar refractivity (Wildman–Crippen MR) is 89.4 cm³/mol. The van der Waals surface area contributed by atoms with Gasteiger partial charge in [-0.05, 0) is 49.6 Å². The van der Waals surface area contributed by atoms with Gasteiger partial charge in [0.1, 0.15) is 6.04 Å². The van der Waals surface area contributed by atoms with Crippen LogP contribution in [0.15, 0.2) is 30.6 Å². The van der Waals surface area contributed by atoms with Crippen molar-refractivity contribution in [1.82, 2.24) is 15.1 Å². The Labute approximate surface area is 136 Å². The fourth-order valence-electron chi connectivity index (χ4n) is 2.90. The van der Waals surface area contributed by atoms with Gasteiger partial charge in [0.15, 0.2) is 0 Å². The monoisotopic (exact) mass is 320 g/mol. The Balaban J connectivity index is 0.00000176. The molecule has 1 aliphatic carbocycles. The molecule has 1 aromatic carbocycles. The largest absolute Gasteiger partial charge is 0.324 e. The van der Waals surface area contributed by atoms with Gasteiger partial charge in [-0.15, -0.1) is 12.4 Å². The Kier molecular flexibility index (Phi) is 5.21. The number of carbonyl (C=O) groups excluding carboxylic acids is 1. The molecule has 0 saturated carbocycles. The highest BCUT2D eigenvalue weighted by Gasteiger charge is 2.20. The molecule has 6 heteroatoms. The second-order valence-corrected chi connectivity index (χ2v) is 5.50. The van der Waals surface area contributed by atoms with Crippen molar-refractivity contribution in [2.24, 2.45) is 7.05 Å². The molecular weight excluding hydrogens is 300 g/mol.